The zero-order valence-corrected chi connectivity index (χ0v) is 17.1. The van der Waals surface area contributed by atoms with Gasteiger partial charge in [0.05, 0.1) is 31.9 Å². The molecule has 2 heterocycles. The summed E-state index contributed by atoms with van der Waals surface area (Å²) in [6.45, 7) is 6.20. The molecule has 30 heavy (non-hydrogen) atoms. The van der Waals surface area contributed by atoms with Gasteiger partial charge in [0.1, 0.15) is 25.2 Å². The minimum atomic E-state index is -0.187. The van der Waals surface area contributed by atoms with Gasteiger partial charge in [-0.15, -0.1) is 0 Å². The number of piperazine rings is 1. The Labute approximate surface area is 175 Å². The SMILES string of the molecule is Cc1ccc(COc2coc(C[NH+]3CCN(c4ccccc4F)CC3)cc2=O)cc1. The van der Waals surface area contributed by atoms with Gasteiger partial charge in [-0.1, -0.05) is 42.0 Å². The molecule has 4 rings (SSSR count). The average Bonchev–Trinajstić information content (AvgIpc) is 2.75. The highest BCUT2D eigenvalue weighted by atomic mass is 19.1. The summed E-state index contributed by atoms with van der Waals surface area (Å²) < 4.78 is 25.3. The third-order valence-electron chi connectivity index (χ3n) is 5.46. The zero-order chi connectivity index (χ0) is 20.9. The van der Waals surface area contributed by atoms with E-state index in [1.807, 2.05) is 43.3 Å². The van der Waals surface area contributed by atoms with Crippen LogP contribution < -0.4 is 20.0 Å². The Bertz CT molecular complexity index is 1040. The first-order valence-electron chi connectivity index (χ1n) is 10.2. The first-order valence-corrected chi connectivity index (χ1v) is 10.2. The summed E-state index contributed by atoms with van der Waals surface area (Å²) in [6.07, 6.45) is 1.40. The van der Waals surface area contributed by atoms with Gasteiger partial charge in [0, 0.05) is 6.07 Å². The second-order valence-corrected chi connectivity index (χ2v) is 7.71. The van der Waals surface area contributed by atoms with Crippen LogP contribution in [0.15, 0.2) is 70.1 Å². The summed E-state index contributed by atoms with van der Waals surface area (Å²) in [5.74, 6) is 0.670. The molecule has 1 aromatic heterocycles. The topological polar surface area (TPSA) is 47.1 Å². The predicted octanol–water partition coefficient (Wildman–Crippen LogP) is 2.57. The van der Waals surface area contributed by atoms with E-state index >= 15 is 0 Å². The summed E-state index contributed by atoms with van der Waals surface area (Å²) in [4.78, 5) is 15.8. The Kier molecular flexibility index (Phi) is 6.14. The van der Waals surface area contributed by atoms with Crippen LogP contribution in [0.1, 0.15) is 16.9 Å². The molecule has 2 aromatic carbocycles. The maximum atomic E-state index is 14.0. The van der Waals surface area contributed by atoms with E-state index in [4.69, 9.17) is 9.15 Å². The zero-order valence-electron chi connectivity index (χ0n) is 17.1. The minimum absolute atomic E-state index is 0.173. The molecule has 1 fully saturated rings. The number of rotatable bonds is 6. The van der Waals surface area contributed by atoms with Crippen molar-refractivity contribution in [3.63, 3.8) is 0 Å². The lowest BCUT2D eigenvalue weighted by atomic mass is 10.2. The van der Waals surface area contributed by atoms with Crippen LogP contribution in [0.25, 0.3) is 0 Å². The quantitative estimate of drug-likeness (QED) is 0.680. The van der Waals surface area contributed by atoms with Crippen molar-refractivity contribution in [3.05, 3.63) is 93.8 Å². The van der Waals surface area contributed by atoms with E-state index in [1.165, 1.54) is 28.9 Å². The lowest BCUT2D eigenvalue weighted by Crippen LogP contribution is -3.13. The molecule has 1 N–H and O–H groups in total. The summed E-state index contributed by atoms with van der Waals surface area (Å²) in [7, 11) is 0. The molecule has 1 aliphatic rings. The predicted molar refractivity (Wildman–Crippen MR) is 114 cm³/mol. The summed E-state index contributed by atoms with van der Waals surface area (Å²) in [5, 5.41) is 0. The van der Waals surface area contributed by atoms with Gasteiger partial charge >= 0.3 is 0 Å². The number of anilines is 1. The molecular weight excluding hydrogens is 383 g/mol. The van der Waals surface area contributed by atoms with Gasteiger partial charge in [0.25, 0.3) is 0 Å². The van der Waals surface area contributed by atoms with Crippen LogP contribution >= 0.6 is 0 Å². The van der Waals surface area contributed by atoms with Crippen LogP contribution in [-0.4, -0.2) is 26.2 Å². The van der Waals surface area contributed by atoms with Crippen molar-refractivity contribution in [2.45, 2.75) is 20.1 Å². The molecule has 0 aliphatic carbocycles. The summed E-state index contributed by atoms with van der Waals surface area (Å²) >= 11 is 0. The molecule has 6 heteroatoms. The van der Waals surface area contributed by atoms with E-state index in [1.54, 1.807) is 6.07 Å². The highest BCUT2D eigenvalue weighted by Gasteiger charge is 2.23. The van der Waals surface area contributed by atoms with Crippen LogP contribution in [0.2, 0.25) is 0 Å². The van der Waals surface area contributed by atoms with Crippen LogP contribution in [0, 0.1) is 12.7 Å². The Morgan fingerprint density at radius 3 is 2.53 bits per heavy atom. The standard InChI is InChI=1S/C24H25FN2O3/c1-18-6-8-19(9-7-18)16-30-24-17-29-20(14-23(24)28)15-26-10-12-27(13-11-26)22-5-3-2-4-21(22)25/h2-9,14,17H,10-13,15-16H2,1H3/p+1. The fourth-order valence-electron chi connectivity index (χ4n) is 3.68. The van der Waals surface area contributed by atoms with Gasteiger partial charge in [0.2, 0.25) is 11.2 Å². The molecule has 5 nitrogen and oxygen atoms in total. The smallest absolute Gasteiger partial charge is 0.227 e. The molecule has 0 bridgehead atoms. The van der Waals surface area contributed by atoms with E-state index in [2.05, 4.69) is 4.90 Å². The van der Waals surface area contributed by atoms with Crippen molar-refractivity contribution >= 4 is 5.69 Å². The van der Waals surface area contributed by atoms with Crippen molar-refractivity contribution < 1.29 is 18.4 Å². The highest BCUT2D eigenvalue weighted by Crippen LogP contribution is 2.18. The number of benzene rings is 2. The monoisotopic (exact) mass is 409 g/mol. The largest absolute Gasteiger partial charge is 0.482 e. The van der Waals surface area contributed by atoms with Crippen LogP contribution in [0.5, 0.6) is 5.75 Å². The molecule has 1 aliphatic heterocycles. The number of nitrogens with one attached hydrogen (secondary N) is 1. The van der Waals surface area contributed by atoms with Gasteiger partial charge in [-0.25, -0.2) is 4.39 Å². The number of quaternary nitrogens is 1. The lowest BCUT2D eigenvalue weighted by Gasteiger charge is -2.33. The number of hydrogen-bond acceptors (Lipinski definition) is 4. The third-order valence-corrected chi connectivity index (χ3v) is 5.46. The van der Waals surface area contributed by atoms with Crippen molar-refractivity contribution in [2.24, 2.45) is 0 Å². The van der Waals surface area contributed by atoms with Crippen LogP contribution in [-0.2, 0) is 13.2 Å². The van der Waals surface area contributed by atoms with Crippen LogP contribution in [0.4, 0.5) is 10.1 Å². The Balaban J connectivity index is 1.31. The number of ether oxygens (including phenoxy) is 1. The molecule has 1 saturated heterocycles. The normalized spacial score (nSPS) is 14.7. The van der Waals surface area contributed by atoms with E-state index in [-0.39, 0.29) is 17.0 Å². The van der Waals surface area contributed by atoms with Crippen molar-refractivity contribution in [1.29, 1.82) is 0 Å². The molecule has 0 radical (unpaired) electrons. The molecule has 0 atom stereocenters. The Morgan fingerprint density at radius 1 is 1.10 bits per heavy atom. The molecule has 156 valence electrons. The van der Waals surface area contributed by atoms with Gasteiger partial charge in [-0.2, -0.15) is 0 Å². The van der Waals surface area contributed by atoms with Crippen molar-refractivity contribution in [3.8, 4) is 5.75 Å². The van der Waals surface area contributed by atoms with E-state index in [0.717, 1.165) is 31.7 Å². The van der Waals surface area contributed by atoms with E-state index in [0.29, 0.717) is 24.6 Å². The summed E-state index contributed by atoms with van der Waals surface area (Å²) in [6, 6.07) is 16.4. The van der Waals surface area contributed by atoms with E-state index in [9.17, 15) is 9.18 Å². The van der Waals surface area contributed by atoms with E-state index < -0.39 is 0 Å². The Morgan fingerprint density at radius 2 is 1.83 bits per heavy atom. The first-order chi connectivity index (χ1) is 14.6. The van der Waals surface area contributed by atoms with Crippen LogP contribution in [0.3, 0.4) is 0 Å². The second kappa shape index (κ2) is 9.13. The number of aryl methyl sites for hydroxylation is 1. The van der Waals surface area contributed by atoms with Crippen molar-refractivity contribution in [2.75, 3.05) is 31.1 Å². The van der Waals surface area contributed by atoms with Gasteiger partial charge in [-0.3, -0.25) is 4.79 Å². The number of para-hydroxylation sites is 1. The maximum absolute atomic E-state index is 14.0. The van der Waals surface area contributed by atoms with Gasteiger partial charge in [0.15, 0.2) is 5.76 Å². The fourth-order valence-corrected chi connectivity index (χ4v) is 3.68. The number of hydrogen-bond donors (Lipinski definition) is 1. The second-order valence-electron chi connectivity index (χ2n) is 7.71. The minimum Gasteiger partial charge on any atom is -0.482 e. The number of halogens is 1. The third kappa shape index (κ3) is 4.89. The van der Waals surface area contributed by atoms with Gasteiger partial charge < -0.3 is 19.0 Å². The Hall–Kier alpha value is -3.12. The summed E-state index contributed by atoms with van der Waals surface area (Å²) in [5.41, 5.74) is 2.66. The fraction of sp³-hybridized carbons (Fsp3) is 0.292. The molecule has 3 aromatic rings. The molecule has 0 spiro atoms. The van der Waals surface area contributed by atoms with Crippen molar-refractivity contribution in [1.82, 2.24) is 0 Å². The molecule has 0 amide bonds. The first kappa shape index (κ1) is 20.2. The lowest BCUT2D eigenvalue weighted by molar-refractivity contribution is -0.915. The molecule has 0 unspecified atom stereocenters. The highest BCUT2D eigenvalue weighted by molar-refractivity contribution is 5.47. The molecular formula is C24H26FN2O3+. The van der Waals surface area contributed by atoms with Gasteiger partial charge in [-0.05, 0) is 24.6 Å². The molecule has 0 saturated carbocycles. The number of nitrogens with zero attached hydrogens (tertiary/aromatic N) is 1. The average molecular weight is 409 g/mol. The maximum Gasteiger partial charge on any atom is 0.227 e.